The van der Waals surface area contributed by atoms with Crippen molar-refractivity contribution < 1.29 is 14.6 Å². The highest BCUT2D eigenvalue weighted by molar-refractivity contribution is 5.83. The molecule has 0 bridgehead atoms. The largest absolute Gasteiger partial charge is 0.505 e. The van der Waals surface area contributed by atoms with Crippen LogP contribution in [0, 0.1) is 5.82 Å². The molecule has 2 aromatic carbocycles. The lowest BCUT2D eigenvalue weighted by atomic mass is 10.1. The maximum atomic E-state index is 13.5. The van der Waals surface area contributed by atoms with Crippen molar-refractivity contribution in [1.82, 2.24) is 4.98 Å². The molecule has 1 atom stereocenters. The van der Waals surface area contributed by atoms with Crippen LogP contribution in [0.3, 0.4) is 0 Å². The highest BCUT2D eigenvalue weighted by Gasteiger charge is 2.06. The van der Waals surface area contributed by atoms with E-state index < -0.39 is 5.82 Å². The zero-order valence-corrected chi connectivity index (χ0v) is 14.7. The number of benzene rings is 2. The minimum absolute atomic E-state index is 0.244. The molecule has 2 N–H and O–H groups in total. The van der Waals surface area contributed by atoms with E-state index in [0.29, 0.717) is 11.3 Å². The van der Waals surface area contributed by atoms with Gasteiger partial charge in [-0.3, -0.25) is 0 Å². The Labute approximate surface area is 152 Å². The molecular formula is C22H22FNO2. The Bertz CT molecular complexity index is 935. The van der Waals surface area contributed by atoms with Crippen LogP contribution in [-0.2, 0) is 0 Å². The molecule has 26 heavy (non-hydrogen) atoms. The molecule has 0 fully saturated rings. The van der Waals surface area contributed by atoms with Gasteiger partial charge in [-0.25, -0.2) is 9.37 Å². The lowest BCUT2D eigenvalue weighted by Gasteiger charge is -2.05. The van der Waals surface area contributed by atoms with Gasteiger partial charge in [0.25, 0.3) is 0 Å². The summed E-state index contributed by atoms with van der Waals surface area (Å²) in [5.74, 6) is -1.01. The predicted octanol–water partition coefficient (Wildman–Crippen LogP) is 5.31. The summed E-state index contributed by atoms with van der Waals surface area (Å²) in [7, 11) is 0. The van der Waals surface area contributed by atoms with Crippen molar-refractivity contribution in [2.24, 2.45) is 0 Å². The second-order valence-corrected chi connectivity index (χ2v) is 6.50. The maximum absolute atomic E-state index is 13.5. The fraction of sp³-hybridized carbons (Fsp3) is 0.227. The number of aliphatic hydroxyl groups excluding tert-OH is 1. The molecule has 0 saturated heterocycles. The van der Waals surface area contributed by atoms with Gasteiger partial charge < -0.3 is 10.2 Å². The van der Waals surface area contributed by atoms with Gasteiger partial charge in [-0.1, -0.05) is 24.3 Å². The molecule has 0 aliphatic heterocycles. The number of allylic oxidation sites excluding steroid dienone is 1. The monoisotopic (exact) mass is 351 g/mol. The average Bonchev–Trinajstić information content (AvgIpc) is 2.63. The minimum Gasteiger partial charge on any atom is -0.505 e. The smallest absolute Gasteiger partial charge is 0.165 e. The third-order valence-corrected chi connectivity index (χ3v) is 4.26. The maximum Gasteiger partial charge on any atom is 0.165 e. The molecule has 0 radical (unpaired) electrons. The third kappa shape index (κ3) is 4.46. The first kappa shape index (κ1) is 18.1. The van der Waals surface area contributed by atoms with Gasteiger partial charge in [-0.15, -0.1) is 0 Å². The normalized spacial score (nSPS) is 12.7. The van der Waals surface area contributed by atoms with E-state index >= 15 is 0 Å². The van der Waals surface area contributed by atoms with E-state index in [4.69, 9.17) is 0 Å². The molecule has 0 aliphatic rings. The number of nitrogens with zero attached hydrogens (tertiary/aromatic N) is 1. The first-order valence-corrected chi connectivity index (χ1v) is 8.77. The van der Waals surface area contributed by atoms with Crippen LogP contribution in [0.1, 0.15) is 31.7 Å². The number of hydrogen-bond acceptors (Lipinski definition) is 3. The Balaban J connectivity index is 1.77. The summed E-state index contributed by atoms with van der Waals surface area (Å²) in [4.78, 5) is 4.59. The highest BCUT2D eigenvalue weighted by atomic mass is 19.1. The number of rotatable bonds is 6. The fourth-order valence-corrected chi connectivity index (χ4v) is 2.83. The van der Waals surface area contributed by atoms with Crippen molar-refractivity contribution in [3.63, 3.8) is 0 Å². The first-order valence-electron chi connectivity index (χ1n) is 8.77. The van der Waals surface area contributed by atoms with Crippen LogP contribution in [0.15, 0.2) is 54.6 Å². The van der Waals surface area contributed by atoms with E-state index in [2.05, 4.69) is 23.2 Å². The summed E-state index contributed by atoms with van der Waals surface area (Å²) >= 11 is 0. The van der Waals surface area contributed by atoms with E-state index in [1.54, 1.807) is 13.0 Å². The van der Waals surface area contributed by atoms with E-state index in [1.165, 1.54) is 12.1 Å². The van der Waals surface area contributed by atoms with Crippen molar-refractivity contribution in [1.29, 1.82) is 0 Å². The second-order valence-electron chi connectivity index (χ2n) is 6.50. The van der Waals surface area contributed by atoms with Crippen LogP contribution in [-0.4, -0.2) is 21.3 Å². The molecule has 1 aromatic heterocycles. The van der Waals surface area contributed by atoms with E-state index in [0.717, 1.165) is 35.7 Å². The summed E-state index contributed by atoms with van der Waals surface area (Å²) in [6.07, 6.45) is 6.66. The number of halogens is 1. The standard InChI is InChI=1S/C22H22FNO2/c1-15(25)5-3-2-4-6-16-7-10-20-17(13-16)8-11-21(24-20)18-9-12-22(26)19(23)14-18/h4,6-15,25-26H,2-3,5H2,1H3. The van der Waals surface area contributed by atoms with Crippen molar-refractivity contribution >= 4 is 17.0 Å². The molecule has 4 heteroatoms. The van der Waals surface area contributed by atoms with Crippen LogP contribution >= 0.6 is 0 Å². The highest BCUT2D eigenvalue weighted by Crippen LogP contribution is 2.26. The number of pyridine rings is 1. The number of aliphatic hydroxyl groups is 1. The summed E-state index contributed by atoms with van der Waals surface area (Å²) in [6.45, 7) is 1.81. The van der Waals surface area contributed by atoms with E-state index in [1.807, 2.05) is 24.3 Å². The molecule has 1 heterocycles. The topological polar surface area (TPSA) is 53.4 Å². The van der Waals surface area contributed by atoms with Gasteiger partial charge in [-0.05, 0) is 68.1 Å². The van der Waals surface area contributed by atoms with Crippen LogP contribution < -0.4 is 0 Å². The fourth-order valence-electron chi connectivity index (χ4n) is 2.83. The minimum atomic E-state index is -0.652. The van der Waals surface area contributed by atoms with Gasteiger partial charge >= 0.3 is 0 Å². The Morgan fingerprint density at radius 3 is 2.73 bits per heavy atom. The summed E-state index contributed by atoms with van der Waals surface area (Å²) in [5, 5.41) is 19.6. The van der Waals surface area contributed by atoms with Crippen LogP contribution in [0.4, 0.5) is 4.39 Å². The lowest BCUT2D eigenvalue weighted by molar-refractivity contribution is 0.182. The molecular weight excluding hydrogens is 329 g/mol. The Hall–Kier alpha value is -2.72. The van der Waals surface area contributed by atoms with Gasteiger partial charge in [0, 0.05) is 10.9 Å². The number of hydrogen-bond donors (Lipinski definition) is 2. The average molecular weight is 351 g/mol. The summed E-state index contributed by atoms with van der Waals surface area (Å²) in [6, 6.07) is 14.1. The Morgan fingerprint density at radius 1 is 1.12 bits per heavy atom. The molecule has 0 spiro atoms. The van der Waals surface area contributed by atoms with Crippen molar-refractivity contribution in [3.05, 3.63) is 66.0 Å². The molecule has 0 amide bonds. The zero-order chi connectivity index (χ0) is 18.5. The predicted molar refractivity (Wildman–Crippen MR) is 103 cm³/mol. The van der Waals surface area contributed by atoms with Gasteiger partial charge in [0.2, 0.25) is 0 Å². The van der Waals surface area contributed by atoms with Gasteiger partial charge in [0.1, 0.15) is 0 Å². The second kappa shape index (κ2) is 8.11. The van der Waals surface area contributed by atoms with Crippen LogP contribution in [0.25, 0.3) is 28.2 Å². The molecule has 3 rings (SSSR count). The number of unbranched alkanes of at least 4 members (excludes halogenated alkanes) is 1. The lowest BCUT2D eigenvalue weighted by Crippen LogP contribution is -1.97. The van der Waals surface area contributed by atoms with Gasteiger partial charge in [0.05, 0.1) is 17.3 Å². The molecule has 134 valence electrons. The SMILES string of the molecule is CC(O)CCCC=Cc1ccc2nc(-c3ccc(O)c(F)c3)ccc2c1. The number of aromatic nitrogens is 1. The summed E-state index contributed by atoms with van der Waals surface area (Å²) in [5.41, 5.74) is 3.23. The first-order chi connectivity index (χ1) is 12.5. The Kier molecular flexibility index (Phi) is 5.64. The summed E-state index contributed by atoms with van der Waals surface area (Å²) < 4.78 is 13.5. The molecule has 0 saturated carbocycles. The van der Waals surface area contributed by atoms with Crippen molar-refractivity contribution in [2.75, 3.05) is 0 Å². The van der Waals surface area contributed by atoms with E-state index in [9.17, 15) is 14.6 Å². The van der Waals surface area contributed by atoms with E-state index in [-0.39, 0.29) is 11.9 Å². The Morgan fingerprint density at radius 2 is 1.96 bits per heavy atom. The number of aromatic hydroxyl groups is 1. The number of phenols is 1. The molecule has 3 nitrogen and oxygen atoms in total. The van der Waals surface area contributed by atoms with Crippen molar-refractivity contribution in [3.8, 4) is 17.0 Å². The number of phenolic OH excluding ortho intramolecular Hbond substituents is 1. The zero-order valence-electron chi connectivity index (χ0n) is 14.7. The van der Waals surface area contributed by atoms with Crippen LogP contribution in [0.2, 0.25) is 0 Å². The van der Waals surface area contributed by atoms with Gasteiger partial charge in [0.15, 0.2) is 11.6 Å². The van der Waals surface area contributed by atoms with Crippen molar-refractivity contribution in [2.45, 2.75) is 32.3 Å². The molecule has 3 aromatic rings. The quantitative estimate of drug-likeness (QED) is 0.592. The molecule has 0 aliphatic carbocycles. The van der Waals surface area contributed by atoms with Gasteiger partial charge in [-0.2, -0.15) is 0 Å². The molecule has 1 unspecified atom stereocenters. The third-order valence-electron chi connectivity index (χ3n) is 4.26. The number of fused-ring (bicyclic) bond motifs is 1. The van der Waals surface area contributed by atoms with Crippen LogP contribution in [0.5, 0.6) is 5.75 Å².